The predicted molar refractivity (Wildman–Crippen MR) is 70.5 cm³/mol. The van der Waals surface area contributed by atoms with Gasteiger partial charge in [0.05, 0.1) is 12.4 Å². The molecule has 0 fully saturated rings. The van der Waals surface area contributed by atoms with Crippen LogP contribution in [0.3, 0.4) is 0 Å². The number of nitrogens with zero attached hydrogens (tertiary/aromatic N) is 4. The normalized spacial score (nSPS) is 11.3. The highest BCUT2D eigenvalue weighted by Gasteiger charge is 2.07. The molecule has 0 aliphatic heterocycles. The van der Waals surface area contributed by atoms with Gasteiger partial charge in [-0.15, -0.1) is 0 Å². The van der Waals surface area contributed by atoms with Crippen molar-refractivity contribution in [2.24, 2.45) is 7.05 Å². The Hall–Kier alpha value is -1.69. The minimum Gasteiger partial charge on any atom is -0.379 e. The van der Waals surface area contributed by atoms with E-state index in [1.807, 2.05) is 25.5 Å². The molecule has 0 aliphatic carbocycles. The minimum atomic E-state index is 0.284. The van der Waals surface area contributed by atoms with Crippen LogP contribution in [0.1, 0.15) is 20.3 Å². The number of aryl methyl sites for hydroxylation is 1. The maximum Gasteiger partial charge on any atom is 0.165 e. The number of hydrogen-bond donors (Lipinski definition) is 1. The van der Waals surface area contributed by atoms with Gasteiger partial charge in [0.2, 0.25) is 0 Å². The largest absolute Gasteiger partial charge is 0.379 e. The number of fused-ring (bicyclic) bond motifs is 1. The van der Waals surface area contributed by atoms with E-state index in [9.17, 15) is 0 Å². The molecule has 1 N–H and O–H groups in total. The van der Waals surface area contributed by atoms with E-state index < -0.39 is 0 Å². The topological polar surface area (TPSA) is 64.9 Å². The van der Waals surface area contributed by atoms with Crippen LogP contribution in [-0.2, 0) is 11.8 Å². The molecule has 0 aromatic carbocycles. The monoisotopic (exact) mass is 249 g/mol. The molecule has 0 amide bonds. The van der Waals surface area contributed by atoms with Crippen molar-refractivity contribution in [3.05, 3.63) is 12.7 Å². The number of rotatable bonds is 6. The average molecular weight is 249 g/mol. The third-order valence-electron chi connectivity index (χ3n) is 2.56. The van der Waals surface area contributed by atoms with E-state index in [0.29, 0.717) is 0 Å². The van der Waals surface area contributed by atoms with Gasteiger partial charge in [-0.3, -0.25) is 0 Å². The first-order valence-corrected chi connectivity index (χ1v) is 6.16. The van der Waals surface area contributed by atoms with Crippen molar-refractivity contribution in [2.45, 2.75) is 26.4 Å². The smallest absolute Gasteiger partial charge is 0.165 e. The molecule has 18 heavy (non-hydrogen) atoms. The van der Waals surface area contributed by atoms with Crippen molar-refractivity contribution in [1.82, 2.24) is 19.5 Å². The lowest BCUT2D eigenvalue weighted by atomic mass is 10.4. The molecule has 0 aliphatic rings. The van der Waals surface area contributed by atoms with Crippen LogP contribution < -0.4 is 5.32 Å². The van der Waals surface area contributed by atoms with Gasteiger partial charge in [-0.2, -0.15) is 0 Å². The zero-order valence-electron chi connectivity index (χ0n) is 11.1. The summed E-state index contributed by atoms with van der Waals surface area (Å²) in [6.07, 6.45) is 4.52. The molecule has 0 atom stereocenters. The summed E-state index contributed by atoms with van der Waals surface area (Å²) in [7, 11) is 1.92. The van der Waals surface area contributed by atoms with E-state index in [1.54, 1.807) is 12.7 Å². The van der Waals surface area contributed by atoms with Gasteiger partial charge < -0.3 is 14.6 Å². The Bertz CT molecular complexity index is 508. The number of nitrogens with one attached hydrogen (secondary N) is 1. The number of aromatic nitrogens is 4. The van der Waals surface area contributed by atoms with E-state index in [1.165, 1.54) is 0 Å². The van der Waals surface area contributed by atoms with Crippen LogP contribution in [0.5, 0.6) is 0 Å². The van der Waals surface area contributed by atoms with Crippen LogP contribution in [0.4, 0.5) is 5.82 Å². The van der Waals surface area contributed by atoms with Gasteiger partial charge in [-0.1, -0.05) is 0 Å². The van der Waals surface area contributed by atoms with Crippen LogP contribution in [-0.4, -0.2) is 38.8 Å². The fourth-order valence-corrected chi connectivity index (χ4v) is 1.67. The molecule has 98 valence electrons. The van der Waals surface area contributed by atoms with Crippen LogP contribution in [0.15, 0.2) is 12.7 Å². The summed E-state index contributed by atoms with van der Waals surface area (Å²) in [5, 5.41) is 3.27. The molecule has 0 unspecified atom stereocenters. The van der Waals surface area contributed by atoms with Gasteiger partial charge in [-0.05, 0) is 20.3 Å². The standard InChI is InChI=1S/C12H19N5O/c1-9(2)18-6-4-5-13-11-10-12(15-7-14-11)17(3)8-16-10/h7-9H,4-6H2,1-3H3,(H,13,14,15). The van der Waals surface area contributed by atoms with Gasteiger partial charge >= 0.3 is 0 Å². The first-order valence-electron chi connectivity index (χ1n) is 6.16. The maximum atomic E-state index is 5.48. The average Bonchev–Trinajstić information content (AvgIpc) is 2.71. The number of imidazole rings is 1. The van der Waals surface area contributed by atoms with E-state index in [0.717, 1.165) is 36.6 Å². The number of anilines is 1. The molecule has 2 aromatic heterocycles. The third-order valence-corrected chi connectivity index (χ3v) is 2.56. The second kappa shape index (κ2) is 5.77. The lowest BCUT2D eigenvalue weighted by Crippen LogP contribution is -2.10. The van der Waals surface area contributed by atoms with Gasteiger partial charge in [0.1, 0.15) is 11.8 Å². The highest BCUT2D eigenvalue weighted by atomic mass is 16.5. The van der Waals surface area contributed by atoms with Crippen LogP contribution in [0, 0.1) is 0 Å². The molecule has 2 rings (SSSR count). The molecule has 0 saturated heterocycles. The van der Waals surface area contributed by atoms with Gasteiger partial charge in [0.15, 0.2) is 11.5 Å². The van der Waals surface area contributed by atoms with Crippen molar-refractivity contribution in [2.75, 3.05) is 18.5 Å². The van der Waals surface area contributed by atoms with Crippen molar-refractivity contribution in [3.8, 4) is 0 Å². The fraction of sp³-hybridized carbons (Fsp3) is 0.583. The Labute approximate surface area is 106 Å². The number of ether oxygens (including phenoxy) is 1. The lowest BCUT2D eigenvalue weighted by molar-refractivity contribution is 0.0787. The summed E-state index contributed by atoms with van der Waals surface area (Å²) < 4.78 is 7.36. The van der Waals surface area contributed by atoms with Gasteiger partial charge in [0, 0.05) is 20.2 Å². The Morgan fingerprint density at radius 1 is 1.33 bits per heavy atom. The predicted octanol–water partition coefficient (Wildman–Crippen LogP) is 1.59. The van der Waals surface area contributed by atoms with Crippen molar-refractivity contribution in [3.63, 3.8) is 0 Å². The summed E-state index contributed by atoms with van der Waals surface area (Å²) in [5.74, 6) is 0.783. The second-order valence-electron chi connectivity index (χ2n) is 4.45. The molecule has 6 nitrogen and oxygen atoms in total. The molecule has 0 saturated carbocycles. The Kier molecular flexibility index (Phi) is 4.09. The van der Waals surface area contributed by atoms with Gasteiger partial charge in [-0.25, -0.2) is 15.0 Å². The summed E-state index contributed by atoms with van der Waals surface area (Å²) in [6.45, 7) is 5.64. The summed E-state index contributed by atoms with van der Waals surface area (Å²) >= 11 is 0. The molecular formula is C12H19N5O. The SMILES string of the molecule is CC(C)OCCCNc1ncnc2c1ncn2C. The van der Waals surface area contributed by atoms with E-state index in [2.05, 4.69) is 20.3 Å². The molecule has 6 heteroatoms. The summed E-state index contributed by atoms with van der Waals surface area (Å²) in [4.78, 5) is 12.7. The quantitative estimate of drug-likeness (QED) is 0.788. The van der Waals surface area contributed by atoms with E-state index in [4.69, 9.17) is 4.74 Å². The molecule has 0 spiro atoms. The first kappa shape index (κ1) is 12.8. The zero-order valence-corrected chi connectivity index (χ0v) is 11.1. The molecular weight excluding hydrogens is 230 g/mol. The Balaban J connectivity index is 1.92. The van der Waals surface area contributed by atoms with Crippen molar-refractivity contribution in [1.29, 1.82) is 0 Å². The number of hydrogen-bond acceptors (Lipinski definition) is 5. The Morgan fingerprint density at radius 3 is 2.94 bits per heavy atom. The molecule has 2 aromatic rings. The molecule has 0 radical (unpaired) electrons. The first-order chi connectivity index (χ1) is 8.68. The van der Waals surface area contributed by atoms with E-state index >= 15 is 0 Å². The zero-order chi connectivity index (χ0) is 13.0. The maximum absolute atomic E-state index is 5.48. The summed E-state index contributed by atoms with van der Waals surface area (Å²) in [6, 6.07) is 0. The molecule has 0 bridgehead atoms. The third kappa shape index (κ3) is 2.95. The van der Waals surface area contributed by atoms with Crippen LogP contribution in [0.25, 0.3) is 11.2 Å². The molecule has 2 heterocycles. The van der Waals surface area contributed by atoms with Crippen LogP contribution >= 0.6 is 0 Å². The second-order valence-corrected chi connectivity index (χ2v) is 4.45. The summed E-state index contributed by atoms with van der Waals surface area (Å²) in [5.41, 5.74) is 1.65. The van der Waals surface area contributed by atoms with E-state index in [-0.39, 0.29) is 6.10 Å². The fourth-order valence-electron chi connectivity index (χ4n) is 1.67. The highest BCUT2D eigenvalue weighted by molar-refractivity contribution is 5.82. The minimum absolute atomic E-state index is 0.284. The Morgan fingerprint density at radius 2 is 2.17 bits per heavy atom. The highest BCUT2D eigenvalue weighted by Crippen LogP contribution is 2.15. The van der Waals surface area contributed by atoms with Crippen LogP contribution in [0.2, 0.25) is 0 Å². The lowest BCUT2D eigenvalue weighted by Gasteiger charge is -2.08. The van der Waals surface area contributed by atoms with Gasteiger partial charge in [0.25, 0.3) is 0 Å². The van der Waals surface area contributed by atoms with Crippen molar-refractivity contribution < 1.29 is 4.74 Å². The van der Waals surface area contributed by atoms with Crippen molar-refractivity contribution >= 4 is 17.0 Å².